The molecule has 2 N–H and O–H groups in total. The molecule has 0 aliphatic heterocycles. The minimum atomic E-state index is -1.06. The fourth-order valence-corrected chi connectivity index (χ4v) is 5.33. The van der Waals surface area contributed by atoms with Crippen LogP contribution in [-0.4, -0.2) is 59.1 Å². The molecule has 0 aliphatic rings. The van der Waals surface area contributed by atoms with Crippen LogP contribution >= 0.6 is 0 Å². The smallest absolute Gasteiger partial charge is 0.408 e. The molecule has 2 aromatic rings. The summed E-state index contributed by atoms with van der Waals surface area (Å²) in [6.45, 7) is 16.6. The lowest BCUT2D eigenvalue weighted by Gasteiger charge is -2.33. The lowest BCUT2D eigenvalue weighted by atomic mass is 9.97. The molecule has 260 valence electrons. The van der Waals surface area contributed by atoms with Gasteiger partial charge in [-0.25, -0.2) is 9.59 Å². The highest BCUT2D eigenvalue weighted by atomic mass is 16.6. The molecule has 0 saturated heterocycles. The van der Waals surface area contributed by atoms with Gasteiger partial charge in [0.25, 0.3) is 0 Å². The molecule has 0 spiro atoms. The van der Waals surface area contributed by atoms with E-state index in [-0.39, 0.29) is 13.0 Å². The molecule has 0 aliphatic carbocycles. The van der Waals surface area contributed by atoms with Crippen LogP contribution in [0.1, 0.15) is 115 Å². The maximum atomic E-state index is 14.5. The monoisotopic (exact) mass is 651 g/mol. The number of ether oxygens (including phenoxy) is 2. The van der Waals surface area contributed by atoms with E-state index >= 15 is 0 Å². The second-order valence-electron chi connectivity index (χ2n) is 14.3. The zero-order chi connectivity index (χ0) is 35.2. The van der Waals surface area contributed by atoms with Gasteiger partial charge in [-0.3, -0.25) is 9.59 Å². The van der Waals surface area contributed by atoms with E-state index in [2.05, 4.69) is 17.6 Å². The molecule has 0 saturated carbocycles. The molecule has 0 bridgehead atoms. The van der Waals surface area contributed by atoms with Crippen molar-refractivity contribution in [2.45, 2.75) is 131 Å². The second kappa shape index (κ2) is 18.5. The summed E-state index contributed by atoms with van der Waals surface area (Å²) in [6.07, 6.45) is 5.45. The van der Waals surface area contributed by atoms with Gasteiger partial charge < -0.3 is 25.0 Å². The number of carbonyl (C=O) groups excluding carboxylic acids is 4. The van der Waals surface area contributed by atoms with Crippen molar-refractivity contribution in [2.75, 3.05) is 13.1 Å². The van der Waals surface area contributed by atoms with Gasteiger partial charge in [-0.05, 0) is 72.9 Å². The van der Waals surface area contributed by atoms with E-state index in [0.29, 0.717) is 18.5 Å². The second-order valence-corrected chi connectivity index (χ2v) is 14.3. The number of benzene rings is 2. The lowest BCUT2D eigenvalue weighted by molar-refractivity contribution is -0.159. The number of nitrogens with zero attached hydrogens (tertiary/aromatic N) is 1. The Hall–Kier alpha value is -3.88. The molecular formula is C38H57N3O6. The van der Waals surface area contributed by atoms with E-state index in [4.69, 9.17) is 9.47 Å². The number of amides is 3. The Morgan fingerprint density at radius 1 is 0.787 bits per heavy atom. The fourth-order valence-electron chi connectivity index (χ4n) is 5.33. The molecule has 0 fully saturated rings. The molecule has 0 aromatic heterocycles. The minimum absolute atomic E-state index is 0.215. The topological polar surface area (TPSA) is 114 Å². The van der Waals surface area contributed by atoms with Gasteiger partial charge in [0.15, 0.2) is 0 Å². The SMILES string of the molecule is CCCCCCCCN(C(=O)CNC(=O)OC(C)(C)C)C(C(=O)NC(Cc1ccccc1)C(=O)OC(C)(C)C)c1cc(C)cc(C)c1. The Labute approximate surface area is 282 Å². The van der Waals surface area contributed by atoms with Crippen molar-refractivity contribution in [2.24, 2.45) is 0 Å². The van der Waals surface area contributed by atoms with Crippen LogP contribution in [0.3, 0.4) is 0 Å². The molecule has 0 heterocycles. The summed E-state index contributed by atoms with van der Waals surface area (Å²) in [5.74, 6) is -1.49. The van der Waals surface area contributed by atoms with E-state index in [0.717, 1.165) is 48.8 Å². The molecule has 2 unspecified atom stereocenters. The summed E-state index contributed by atoms with van der Waals surface area (Å²) in [7, 11) is 0. The zero-order valence-electron chi connectivity index (χ0n) is 30.0. The van der Waals surface area contributed by atoms with Crippen LogP contribution < -0.4 is 10.6 Å². The molecule has 2 aromatic carbocycles. The Morgan fingerprint density at radius 3 is 1.94 bits per heavy atom. The van der Waals surface area contributed by atoms with Crippen LogP contribution in [-0.2, 0) is 30.3 Å². The van der Waals surface area contributed by atoms with Crippen LogP contribution in [0.4, 0.5) is 4.79 Å². The molecule has 9 nitrogen and oxygen atoms in total. The average molecular weight is 652 g/mol. The van der Waals surface area contributed by atoms with Gasteiger partial charge in [0.05, 0.1) is 0 Å². The van der Waals surface area contributed by atoms with Crippen LogP contribution in [0.2, 0.25) is 0 Å². The molecule has 2 atom stereocenters. The van der Waals surface area contributed by atoms with Crippen molar-refractivity contribution in [3.63, 3.8) is 0 Å². The van der Waals surface area contributed by atoms with Crippen molar-refractivity contribution in [1.29, 1.82) is 0 Å². The van der Waals surface area contributed by atoms with Gasteiger partial charge in [-0.1, -0.05) is 98.7 Å². The Balaban J connectivity index is 2.51. The first-order valence-electron chi connectivity index (χ1n) is 16.9. The predicted octanol–water partition coefficient (Wildman–Crippen LogP) is 7.13. The van der Waals surface area contributed by atoms with E-state index in [1.807, 2.05) is 62.4 Å². The number of alkyl carbamates (subject to hydrolysis) is 1. The number of nitrogens with one attached hydrogen (secondary N) is 2. The number of hydrogen-bond acceptors (Lipinski definition) is 6. The largest absolute Gasteiger partial charge is 0.458 e. The van der Waals surface area contributed by atoms with Gasteiger partial charge in [0, 0.05) is 13.0 Å². The van der Waals surface area contributed by atoms with E-state index < -0.39 is 47.2 Å². The fraction of sp³-hybridized carbons (Fsp3) is 0.579. The van der Waals surface area contributed by atoms with E-state index in [9.17, 15) is 19.2 Å². The Morgan fingerprint density at radius 2 is 1.36 bits per heavy atom. The summed E-state index contributed by atoms with van der Waals surface area (Å²) in [4.78, 5) is 55.9. The van der Waals surface area contributed by atoms with Crippen LogP contribution in [0.15, 0.2) is 48.5 Å². The summed E-state index contributed by atoms with van der Waals surface area (Å²) in [6, 6.07) is 13.1. The molecular weight excluding hydrogens is 594 g/mol. The Bertz CT molecular complexity index is 1290. The number of unbranched alkanes of at least 4 members (excludes halogenated alkanes) is 5. The van der Waals surface area contributed by atoms with Gasteiger partial charge in [-0.15, -0.1) is 0 Å². The van der Waals surface area contributed by atoms with Crippen molar-refractivity contribution in [3.8, 4) is 0 Å². The maximum Gasteiger partial charge on any atom is 0.408 e. The average Bonchev–Trinajstić information content (AvgIpc) is 2.95. The third-order valence-corrected chi connectivity index (χ3v) is 7.27. The summed E-state index contributed by atoms with van der Waals surface area (Å²) in [5, 5.41) is 5.52. The predicted molar refractivity (Wildman–Crippen MR) is 186 cm³/mol. The summed E-state index contributed by atoms with van der Waals surface area (Å²) >= 11 is 0. The molecule has 9 heteroatoms. The number of carbonyl (C=O) groups is 4. The first-order valence-corrected chi connectivity index (χ1v) is 16.9. The maximum absolute atomic E-state index is 14.5. The number of rotatable bonds is 16. The van der Waals surface area contributed by atoms with Gasteiger partial charge >= 0.3 is 12.1 Å². The highest BCUT2D eigenvalue weighted by Gasteiger charge is 2.35. The van der Waals surface area contributed by atoms with Crippen LogP contribution in [0.25, 0.3) is 0 Å². The van der Waals surface area contributed by atoms with Crippen LogP contribution in [0.5, 0.6) is 0 Å². The van der Waals surface area contributed by atoms with Crippen molar-refractivity contribution >= 4 is 23.9 Å². The third kappa shape index (κ3) is 15.0. The number of esters is 1. The first kappa shape index (κ1) is 39.3. The molecule has 47 heavy (non-hydrogen) atoms. The zero-order valence-corrected chi connectivity index (χ0v) is 30.0. The number of hydrogen-bond donors (Lipinski definition) is 2. The number of aryl methyl sites for hydroxylation is 2. The highest BCUT2D eigenvalue weighted by molar-refractivity contribution is 5.93. The van der Waals surface area contributed by atoms with E-state index in [1.54, 1.807) is 41.5 Å². The lowest BCUT2D eigenvalue weighted by Crippen LogP contribution is -2.52. The summed E-state index contributed by atoms with van der Waals surface area (Å²) < 4.78 is 11.1. The minimum Gasteiger partial charge on any atom is -0.458 e. The third-order valence-electron chi connectivity index (χ3n) is 7.27. The van der Waals surface area contributed by atoms with Gasteiger partial charge in [0.2, 0.25) is 11.8 Å². The van der Waals surface area contributed by atoms with Crippen molar-refractivity contribution in [1.82, 2.24) is 15.5 Å². The van der Waals surface area contributed by atoms with Gasteiger partial charge in [-0.2, -0.15) is 0 Å². The van der Waals surface area contributed by atoms with Crippen molar-refractivity contribution < 1.29 is 28.7 Å². The first-order chi connectivity index (χ1) is 22.0. The van der Waals surface area contributed by atoms with Crippen LogP contribution in [0, 0.1) is 13.8 Å². The van der Waals surface area contributed by atoms with Gasteiger partial charge in [0.1, 0.15) is 29.8 Å². The van der Waals surface area contributed by atoms with E-state index in [1.165, 1.54) is 4.90 Å². The summed E-state index contributed by atoms with van der Waals surface area (Å²) in [5.41, 5.74) is 1.85. The standard InChI is InChI=1S/C38H57N3O6/c1-10-11-12-13-14-18-21-41(32(42)26-39-36(45)47-38(7,8)9)33(30-23-27(2)22-28(3)24-30)34(43)40-31(35(44)46-37(4,5)6)25-29-19-16-15-17-20-29/h15-17,19-20,22-24,31,33H,10-14,18,21,25-26H2,1-9H3,(H,39,45)(H,40,43). The molecule has 0 radical (unpaired) electrons. The molecule has 2 rings (SSSR count). The van der Waals surface area contributed by atoms with Crippen molar-refractivity contribution in [3.05, 3.63) is 70.8 Å². The quantitative estimate of drug-likeness (QED) is 0.148. The highest BCUT2D eigenvalue weighted by Crippen LogP contribution is 2.26. The Kier molecular flexibility index (Phi) is 15.4. The normalized spacial score (nSPS) is 12.9. The molecule has 3 amide bonds.